The van der Waals surface area contributed by atoms with Crippen LogP contribution in [-0.4, -0.2) is 43.1 Å². The van der Waals surface area contributed by atoms with Crippen molar-refractivity contribution in [2.45, 2.75) is 45.7 Å². The van der Waals surface area contributed by atoms with Crippen LogP contribution in [0.5, 0.6) is 0 Å². The molecule has 2 atom stereocenters. The molecule has 1 unspecified atom stereocenters. The number of carbonyl (C=O) groups excluding carboxylic acids is 1. The summed E-state index contributed by atoms with van der Waals surface area (Å²) in [6, 6.07) is 11.5. The first-order chi connectivity index (χ1) is 16.0. The average molecular weight is 446 g/mol. The smallest absolute Gasteiger partial charge is 0.223 e. The van der Waals surface area contributed by atoms with Crippen LogP contribution in [0.15, 0.2) is 55.0 Å². The molecule has 4 heterocycles. The molecule has 1 fully saturated rings. The number of aryl methyl sites for hydroxylation is 2. The van der Waals surface area contributed by atoms with E-state index >= 15 is 0 Å². The third-order valence-corrected chi connectivity index (χ3v) is 6.70. The monoisotopic (exact) mass is 445 g/mol. The summed E-state index contributed by atoms with van der Waals surface area (Å²) in [5.74, 6) is 0.378. The number of aromatic amines is 1. The number of nitrogens with one attached hydrogen (secondary N) is 1. The number of hydrogen-bond acceptors (Lipinski definition) is 3. The molecule has 4 aromatic rings. The van der Waals surface area contributed by atoms with Gasteiger partial charge in [0.25, 0.3) is 0 Å². The number of fused-ring (bicyclic) bond motifs is 1. The molecular weight excluding hydrogens is 417 g/mol. The molecule has 1 aromatic carbocycles. The summed E-state index contributed by atoms with van der Waals surface area (Å²) < 4.78 is 15.7. The van der Waals surface area contributed by atoms with Gasteiger partial charge in [0.2, 0.25) is 5.91 Å². The summed E-state index contributed by atoms with van der Waals surface area (Å²) in [5, 5.41) is 6.83. The van der Waals surface area contributed by atoms with E-state index in [2.05, 4.69) is 34.0 Å². The Morgan fingerprint density at radius 2 is 2.12 bits per heavy atom. The molecule has 0 aliphatic carbocycles. The minimum absolute atomic E-state index is 0.177. The van der Waals surface area contributed by atoms with Gasteiger partial charge in [-0.25, -0.2) is 9.37 Å². The highest BCUT2D eigenvalue weighted by Gasteiger charge is 2.32. The molecule has 1 saturated heterocycles. The number of hydrogen-bond donors (Lipinski definition) is 1. The van der Waals surface area contributed by atoms with Crippen LogP contribution >= 0.6 is 0 Å². The van der Waals surface area contributed by atoms with Crippen molar-refractivity contribution in [1.29, 1.82) is 0 Å². The molecule has 170 valence electrons. The fourth-order valence-electron chi connectivity index (χ4n) is 4.94. The number of H-pyrrole nitrogens is 1. The molecule has 6 nitrogen and oxygen atoms in total. The van der Waals surface area contributed by atoms with Gasteiger partial charge in [-0.1, -0.05) is 12.1 Å². The summed E-state index contributed by atoms with van der Waals surface area (Å²) >= 11 is 0. The second kappa shape index (κ2) is 8.81. The number of aromatic nitrogens is 4. The Bertz CT molecular complexity index is 1280. The Morgan fingerprint density at radius 3 is 2.91 bits per heavy atom. The van der Waals surface area contributed by atoms with E-state index in [1.807, 2.05) is 29.3 Å². The molecule has 1 aliphatic heterocycles. The Balaban J connectivity index is 1.22. The van der Waals surface area contributed by atoms with Gasteiger partial charge in [0.15, 0.2) is 0 Å². The minimum Gasteiger partial charge on any atom is -0.346 e. The van der Waals surface area contributed by atoms with Gasteiger partial charge in [-0.15, -0.1) is 0 Å². The maximum absolute atomic E-state index is 13.5. The van der Waals surface area contributed by atoms with Gasteiger partial charge in [0, 0.05) is 43.5 Å². The topological polar surface area (TPSA) is 66.8 Å². The van der Waals surface area contributed by atoms with Crippen molar-refractivity contribution < 1.29 is 9.18 Å². The number of rotatable bonds is 6. The molecule has 1 aliphatic rings. The minimum atomic E-state index is -0.202. The average Bonchev–Trinajstić information content (AvgIpc) is 3.55. The van der Waals surface area contributed by atoms with Crippen molar-refractivity contribution in [2.75, 3.05) is 6.54 Å². The van der Waals surface area contributed by atoms with Gasteiger partial charge < -0.3 is 9.47 Å². The summed E-state index contributed by atoms with van der Waals surface area (Å²) in [7, 11) is 0. The van der Waals surface area contributed by atoms with E-state index in [9.17, 15) is 9.18 Å². The zero-order valence-corrected chi connectivity index (χ0v) is 19.0. The first-order valence-electron chi connectivity index (χ1n) is 11.5. The second-order valence-electron chi connectivity index (χ2n) is 9.14. The first-order valence-corrected chi connectivity index (χ1v) is 11.5. The highest BCUT2D eigenvalue weighted by molar-refractivity contribution is 5.79. The van der Waals surface area contributed by atoms with Crippen LogP contribution in [0.2, 0.25) is 0 Å². The maximum atomic E-state index is 13.5. The van der Waals surface area contributed by atoms with Crippen LogP contribution in [-0.2, 0) is 17.8 Å². The molecule has 33 heavy (non-hydrogen) atoms. The Labute approximate surface area is 192 Å². The molecule has 0 spiro atoms. The van der Waals surface area contributed by atoms with Crippen molar-refractivity contribution in [3.05, 3.63) is 71.9 Å². The SMILES string of the molecule is Cc1cc(CCC(=O)N2CC(Cn3ccc4nc(-c5cn[nH]c5)ccc43)C[C@@H]2C)ccc1F. The van der Waals surface area contributed by atoms with E-state index in [1.165, 1.54) is 6.07 Å². The van der Waals surface area contributed by atoms with Crippen molar-refractivity contribution in [1.82, 2.24) is 24.6 Å². The highest BCUT2D eigenvalue weighted by Crippen LogP contribution is 2.28. The lowest BCUT2D eigenvalue weighted by Crippen LogP contribution is -2.34. The largest absolute Gasteiger partial charge is 0.346 e. The van der Waals surface area contributed by atoms with Gasteiger partial charge in [-0.05, 0) is 68.0 Å². The third-order valence-electron chi connectivity index (χ3n) is 6.70. The summed E-state index contributed by atoms with van der Waals surface area (Å²) in [6.45, 7) is 5.52. The Morgan fingerprint density at radius 1 is 1.24 bits per heavy atom. The number of amides is 1. The van der Waals surface area contributed by atoms with E-state index < -0.39 is 0 Å². The van der Waals surface area contributed by atoms with Crippen molar-refractivity contribution in [3.63, 3.8) is 0 Å². The molecule has 0 bridgehead atoms. The van der Waals surface area contributed by atoms with Gasteiger partial charge in [-0.3, -0.25) is 9.89 Å². The van der Waals surface area contributed by atoms with E-state index in [4.69, 9.17) is 4.98 Å². The Hall–Kier alpha value is -3.48. The van der Waals surface area contributed by atoms with Crippen molar-refractivity contribution in [2.24, 2.45) is 5.92 Å². The van der Waals surface area contributed by atoms with Crippen LogP contribution in [0, 0.1) is 18.7 Å². The Kier molecular flexibility index (Phi) is 5.70. The zero-order chi connectivity index (χ0) is 22.9. The van der Waals surface area contributed by atoms with Crippen molar-refractivity contribution >= 4 is 16.9 Å². The molecule has 1 amide bonds. The van der Waals surface area contributed by atoms with Crippen LogP contribution in [0.3, 0.4) is 0 Å². The van der Waals surface area contributed by atoms with E-state index in [1.54, 1.807) is 19.2 Å². The summed E-state index contributed by atoms with van der Waals surface area (Å²) in [4.78, 5) is 19.7. The van der Waals surface area contributed by atoms with Gasteiger partial charge >= 0.3 is 0 Å². The van der Waals surface area contributed by atoms with Crippen LogP contribution < -0.4 is 0 Å². The van der Waals surface area contributed by atoms with Gasteiger partial charge in [0.1, 0.15) is 5.82 Å². The number of pyridine rings is 1. The van der Waals surface area contributed by atoms with Crippen LogP contribution in [0.1, 0.15) is 30.9 Å². The number of benzene rings is 1. The lowest BCUT2D eigenvalue weighted by molar-refractivity contribution is -0.131. The first kappa shape index (κ1) is 21.4. The molecular formula is C26H28FN5O. The highest BCUT2D eigenvalue weighted by atomic mass is 19.1. The summed E-state index contributed by atoms with van der Waals surface area (Å²) in [6.07, 6.45) is 7.78. The number of carbonyl (C=O) groups is 1. The van der Waals surface area contributed by atoms with Crippen molar-refractivity contribution in [3.8, 4) is 11.3 Å². The normalized spacial score (nSPS) is 18.3. The predicted octanol–water partition coefficient (Wildman–Crippen LogP) is 4.74. The lowest BCUT2D eigenvalue weighted by atomic mass is 10.1. The number of likely N-dealkylation sites (tertiary alicyclic amines) is 1. The standard InChI is InChI=1S/C26H28FN5O/c1-17-11-19(3-5-22(17)27)4-8-26(33)32-16-20(12-18(32)2)15-31-10-9-24-25(31)7-6-23(30-24)21-13-28-29-14-21/h3,5-7,9-11,13-14,18,20H,4,8,12,15-16H2,1-2H3,(H,28,29)/t18-,20?/m0/s1. The fraction of sp³-hybridized carbons (Fsp3) is 0.346. The number of nitrogens with zero attached hydrogens (tertiary/aromatic N) is 4. The summed E-state index contributed by atoms with van der Waals surface area (Å²) in [5.41, 5.74) is 5.57. The molecule has 7 heteroatoms. The maximum Gasteiger partial charge on any atom is 0.223 e. The number of halogens is 1. The van der Waals surface area contributed by atoms with Crippen LogP contribution in [0.25, 0.3) is 22.3 Å². The van der Waals surface area contributed by atoms with E-state index in [0.29, 0.717) is 24.3 Å². The molecule has 0 saturated carbocycles. The zero-order valence-electron chi connectivity index (χ0n) is 19.0. The molecule has 0 radical (unpaired) electrons. The molecule has 1 N–H and O–H groups in total. The third kappa shape index (κ3) is 4.40. The van der Waals surface area contributed by atoms with Gasteiger partial charge in [-0.2, -0.15) is 5.10 Å². The lowest BCUT2D eigenvalue weighted by Gasteiger charge is -2.21. The fourth-order valence-corrected chi connectivity index (χ4v) is 4.94. The molecule has 5 rings (SSSR count). The quantitative estimate of drug-likeness (QED) is 0.466. The van der Waals surface area contributed by atoms with E-state index in [0.717, 1.165) is 47.4 Å². The van der Waals surface area contributed by atoms with Crippen LogP contribution in [0.4, 0.5) is 4.39 Å². The van der Waals surface area contributed by atoms with E-state index in [-0.39, 0.29) is 17.8 Å². The van der Waals surface area contributed by atoms with Gasteiger partial charge in [0.05, 0.1) is 22.9 Å². The molecule has 3 aromatic heterocycles. The second-order valence-corrected chi connectivity index (χ2v) is 9.14. The predicted molar refractivity (Wildman–Crippen MR) is 126 cm³/mol.